The van der Waals surface area contributed by atoms with Gasteiger partial charge in [0.05, 0.1) is 13.2 Å². The smallest absolute Gasteiger partial charge is 0.135 e. The molecule has 0 bridgehead atoms. The molecule has 0 fully saturated rings. The lowest BCUT2D eigenvalue weighted by molar-refractivity contribution is 0.253. The number of methoxy groups -OCH3 is 1. The Bertz CT molecular complexity index is 742. The molecular weight excluding hydrogens is 264 g/mol. The average molecular weight is 280 g/mol. The number of H-pyrrole nitrogens is 1. The third kappa shape index (κ3) is 1.86. The number of aromatic nitrogens is 1. The Morgan fingerprint density at radius 3 is 2.81 bits per heavy atom. The van der Waals surface area contributed by atoms with Gasteiger partial charge in [0.1, 0.15) is 11.6 Å². The van der Waals surface area contributed by atoms with Crippen molar-refractivity contribution in [2.75, 3.05) is 14.2 Å². The topological polar surface area (TPSA) is 52.6 Å². The van der Waals surface area contributed by atoms with Crippen LogP contribution in [0.25, 0.3) is 11.3 Å². The van der Waals surface area contributed by atoms with Gasteiger partial charge in [-0.1, -0.05) is 0 Å². The van der Waals surface area contributed by atoms with Crippen molar-refractivity contribution in [2.24, 2.45) is 4.99 Å². The van der Waals surface area contributed by atoms with Crippen LogP contribution in [-0.4, -0.2) is 30.4 Å². The van der Waals surface area contributed by atoms with E-state index in [9.17, 15) is 0 Å². The number of hydrogen-bond acceptors (Lipinski definition) is 4. The van der Waals surface area contributed by atoms with Gasteiger partial charge in [-0.2, -0.15) is 0 Å². The Morgan fingerprint density at radius 1 is 1.24 bits per heavy atom. The second-order valence-electron chi connectivity index (χ2n) is 5.26. The van der Waals surface area contributed by atoms with Gasteiger partial charge in [0.15, 0.2) is 0 Å². The van der Waals surface area contributed by atoms with Gasteiger partial charge in [-0.25, -0.2) is 10.0 Å². The van der Waals surface area contributed by atoms with E-state index in [1.165, 1.54) is 11.1 Å². The number of hydrazine groups is 1. The number of aliphatic imine (C=N–C) groups is 1. The van der Waals surface area contributed by atoms with Crippen LogP contribution in [-0.2, 0) is 0 Å². The molecule has 3 heterocycles. The molecule has 2 aliphatic rings. The summed E-state index contributed by atoms with van der Waals surface area (Å²) < 4.78 is 5.20. The molecule has 106 valence electrons. The second kappa shape index (κ2) is 4.49. The molecule has 1 atom stereocenters. The summed E-state index contributed by atoms with van der Waals surface area (Å²) in [6.45, 7) is 0. The van der Waals surface area contributed by atoms with Crippen molar-refractivity contribution in [1.82, 2.24) is 15.4 Å². The van der Waals surface area contributed by atoms with Gasteiger partial charge in [0, 0.05) is 36.3 Å². The van der Waals surface area contributed by atoms with E-state index < -0.39 is 0 Å². The lowest BCUT2D eigenvalue weighted by atomic mass is 10.00. The average Bonchev–Trinajstić information content (AvgIpc) is 3.11. The van der Waals surface area contributed by atoms with Crippen molar-refractivity contribution in [2.45, 2.75) is 6.04 Å². The lowest BCUT2D eigenvalue weighted by Crippen LogP contribution is -2.29. The van der Waals surface area contributed by atoms with Crippen LogP contribution >= 0.6 is 0 Å². The molecule has 1 unspecified atom stereocenters. The van der Waals surface area contributed by atoms with Gasteiger partial charge >= 0.3 is 0 Å². The number of nitrogens with one attached hydrogen (secondary N) is 2. The molecule has 0 amide bonds. The molecule has 4 rings (SSSR count). The van der Waals surface area contributed by atoms with E-state index in [0.717, 1.165) is 22.8 Å². The summed E-state index contributed by atoms with van der Waals surface area (Å²) in [5, 5.41) is 2.09. The molecule has 0 aliphatic carbocycles. The van der Waals surface area contributed by atoms with E-state index in [1.54, 1.807) is 7.11 Å². The molecule has 2 aromatic rings. The molecule has 21 heavy (non-hydrogen) atoms. The fourth-order valence-electron chi connectivity index (χ4n) is 2.89. The van der Waals surface area contributed by atoms with Gasteiger partial charge in [0.2, 0.25) is 0 Å². The molecule has 1 aromatic carbocycles. The third-order valence-corrected chi connectivity index (χ3v) is 4.00. The number of rotatable bonds is 2. The first-order chi connectivity index (χ1) is 10.3. The number of likely N-dealkylation sites (N-methyl/N-ethyl adjacent to an activating group) is 1. The fourth-order valence-corrected chi connectivity index (χ4v) is 2.89. The van der Waals surface area contributed by atoms with Crippen LogP contribution in [0.4, 0.5) is 5.82 Å². The van der Waals surface area contributed by atoms with E-state index >= 15 is 0 Å². The van der Waals surface area contributed by atoms with Crippen LogP contribution in [0.2, 0.25) is 0 Å². The monoisotopic (exact) mass is 280 g/mol. The highest BCUT2D eigenvalue weighted by Crippen LogP contribution is 2.40. The predicted molar refractivity (Wildman–Crippen MR) is 82.7 cm³/mol. The SMILES string of the molecule is COc1ccc(-c2cc3c([nH]2)N=CC2=CNN(C)C23)cc1. The van der Waals surface area contributed by atoms with Crippen LogP contribution in [0.3, 0.4) is 0 Å². The van der Waals surface area contributed by atoms with Crippen molar-refractivity contribution in [3.8, 4) is 17.0 Å². The Kier molecular flexibility index (Phi) is 2.62. The summed E-state index contributed by atoms with van der Waals surface area (Å²) >= 11 is 0. The minimum Gasteiger partial charge on any atom is -0.497 e. The molecular formula is C16H16N4O. The van der Waals surface area contributed by atoms with Gasteiger partial charge in [-0.05, 0) is 35.9 Å². The maximum atomic E-state index is 5.20. The zero-order chi connectivity index (χ0) is 14.4. The predicted octanol–water partition coefficient (Wildman–Crippen LogP) is 2.78. The zero-order valence-electron chi connectivity index (χ0n) is 11.9. The number of ether oxygens (including phenoxy) is 1. The van der Waals surface area contributed by atoms with Crippen molar-refractivity contribution < 1.29 is 4.74 Å². The molecule has 1 aromatic heterocycles. The first kappa shape index (κ1) is 12.2. The van der Waals surface area contributed by atoms with Crippen molar-refractivity contribution in [3.63, 3.8) is 0 Å². The van der Waals surface area contributed by atoms with E-state index in [1.807, 2.05) is 43.7 Å². The number of aromatic amines is 1. The Hall–Kier alpha value is -2.53. The van der Waals surface area contributed by atoms with E-state index in [0.29, 0.717) is 0 Å². The second-order valence-corrected chi connectivity index (χ2v) is 5.26. The lowest BCUT2D eigenvalue weighted by Gasteiger charge is -2.23. The van der Waals surface area contributed by atoms with Gasteiger partial charge in [0.25, 0.3) is 0 Å². The fraction of sp³-hybridized carbons (Fsp3) is 0.188. The summed E-state index contributed by atoms with van der Waals surface area (Å²) in [6, 6.07) is 10.4. The third-order valence-electron chi connectivity index (χ3n) is 4.00. The van der Waals surface area contributed by atoms with Crippen LogP contribution in [0.1, 0.15) is 11.6 Å². The number of benzene rings is 1. The Labute approximate surface area is 122 Å². The quantitative estimate of drug-likeness (QED) is 0.889. The van der Waals surface area contributed by atoms with E-state index in [-0.39, 0.29) is 6.04 Å². The first-order valence-corrected chi connectivity index (χ1v) is 6.87. The standard InChI is InChI=1S/C16H16N4O/c1-20-15-11(9-18-20)8-17-16-13(15)7-14(19-16)10-3-5-12(21-2)6-4-10/h3-9,15,18-19H,1-2H3. The number of hydrogen-bond donors (Lipinski definition) is 2. The number of fused-ring (bicyclic) bond motifs is 3. The van der Waals surface area contributed by atoms with Gasteiger partial charge in [-0.15, -0.1) is 0 Å². The van der Waals surface area contributed by atoms with Gasteiger partial charge < -0.3 is 15.1 Å². The summed E-state index contributed by atoms with van der Waals surface area (Å²) in [5.41, 5.74) is 7.79. The molecule has 0 saturated carbocycles. The highest BCUT2D eigenvalue weighted by atomic mass is 16.5. The zero-order valence-corrected chi connectivity index (χ0v) is 11.9. The van der Waals surface area contributed by atoms with Crippen LogP contribution in [0.15, 0.2) is 47.1 Å². The molecule has 0 spiro atoms. The van der Waals surface area contributed by atoms with Crippen molar-refractivity contribution in [1.29, 1.82) is 0 Å². The van der Waals surface area contributed by atoms with Crippen LogP contribution in [0, 0.1) is 0 Å². The maximum Gasteiger partial charge on any atom is 0.135 e. The minimum absolute atomic E-state index is 0.223. The highest BCUT2D eigenvalue weighted by Gasteiger charge is 2.31. The summed E-state index contributed by atoms with van der Waals surface area (Å²) in [7, 11) is 3.71. The van der Waals surface area contributed by atoms with E-state index in [4.69, 9.17) is 4.74 Å². The van der Waals surface area contributed by atoms with Crippen molar-refractivity contribution >= 4 is 12.0 Å². The highest BCUT2D eigenvalue weighted by molar-refractivity contribution is 5.87. The summed E-state index contributed by atoms with van der Waals surface area (Å²) in [5.74, 6) is 1.79. The largest absolute Gasteiger partial charge is 0.497 e. The first-order valence-electron chi connectivity index (χ1n) is 6.87. The van der Waals surface area contributed by atoms with Crippen LogP contribution in [0.5, 0.6) is 5.75 Å². The maximum absolute atomic E-state index is 5.20. The van der Waals surface area contributed by atoms with Crippen LogP contribution < -0.4 is 10.2 Å². The molecule has 5 heteroatoms. The normalized spacial score (nSPS) is 19.7. The molecule has 2 N–H and O–H groups in total. The molecule has 5 nitrogen and oxygen atoms in total. The number of nitrogens with zero attached hydrogens (tertiary/aromatic N) is 2. The molecule has 0 radical (unpaired) electrons. The van der Waals surface area contributed by atoms with E-state index in [2.05, 4.69) is 26.5 Å². The summed E-state index contributed by atoms with van der Waals surface area (Å²) in [4.78, 5) is 7.91. The minimum atomic E-state index is 0.223. The Balaban J connectivity index is 1.75. The van der Waals surface area contributed by atoms with Gasteiger partial charge in [-0.3, -0.25) is 0 Å². The van der Waals surface area contributed by atoms with Crippen molar-refractivity contribution in [3.05, 3.63) is 47.7 Å². The summed E-state index contributed by atoms with van der Waals surface area (Å²) in [6.07, 6.45) is 3.91. The molecule has 0 saturated heterocycles. The Morgan fingerprint density at radius 2 is 2.05 bits per heavy atom. The molecule has 2 aliphatic heterocycles.